The normalized spacial score (nSPS) is 12.5. The molecule has 2 heteroatoms. The van der Waals surface area contributed by atoms with Crippen LogP contribution in [0.5, 0.6) is 0 Å². The lowest BCUT2D eigenvalue weighted by Crippen LogP contribution is -2.17. The number of nitrogens with one attached hydrogen (secondary N) is 1. The second kappa shape index (κ2) is 6.06. The van der Waals surface area contributed by atoms with Crippen LogP contribution in [0.1, 0.15) is 25.5 Å². The van der Waals surface area contributed by atoms with E-state index in [4.69, 9.17) is 0 Å². The van der Waals surface area contributed by atoms with E-state index in [1.165, 1.54) is 27.5 Å². The molecule has 1 atom stereocenters. The zero-order valence-corrected chi connectivity index (χ0v) is 12.5. The van der Waals surface area contributed by atoms with Crippen LogP contribution in [0.3, 0.4) is 0 Å². The number of hydrogen-bond donors (Lipinski definition) is 1. The fraction of sp³-hybridized carbons (Fsp3) is 0.211. The van der Waals surface area contributed by atoms with Crippen molar-refractivity contribution < 1.29 is 0 Å². The number of aromatic nitrogens is 1. The van der Waals surface area contributed by atoms with E-state index in [9.17, 15) is 0 Å². The minimum absolute atomic E-state index is 0.384. The van der Waals surface area contributed by atoms with Crippen molar-refractivity contribution in [1.82, 2.24) is 10.3 Å². The molecule has 0 aliphatic carbocycles. The summed E-state index contributed by atoms with van der Waals surface area (Å²) in [6.45, 7) is 5.31. The van der Waals surface area contributed by atoms with Gasteiger partial charge < -0.3 is 5.32 Å². The molecule has 0 aliphatic rings. The smallest absolute Gasteiger partial charge is 0.0352 e. The Hall–Kier alpha value is -2.19. The van der Waals surface area contributed by atoms with Crippen LogP contribution in [-0.4, -0.2) is 11.5 Å². The molecular formula is C19H20N2. The van der Waals surface area contributed by atoms with Gasteiger partial charge in [0.25, 0.3) is 0 Å². The predicted octanol–water partition coefficient (Wildman–Crippen LogP) is 4.57. The van der Waals surface area contributed by atoms with Gasteiger partial charge in [-0.3, -0.25) is 4.98 Å². The highest BCUT2D eigenvalue weighted by atomic mass is 14.9. The number of nitrogens with zero attached hydrogens (tertiary/aromatic N) is 1. The van der Waals surface area contributed by atoms with Crippen LogP contribution in [-0.2, 0) is 0 Å². The molecule has 2 nitrogen and oxygen atoms in total. The van der Waals surface area contributed by atoms with Gasteiger partial charge in [0, 0.05) is 29.4 Å². The maximum atomic E-state index is 4.36. The van der Waals surface area contributed by atoms with E-state index < -0.39 is 0 Å². The molecule has 1 N–H and O–H groups in total. The van der Waals surface area contributed by atoms with Gasteiger partial charge in [0.05, 0.1) is 0 Å². The number of rotatable bonds is 4. The molecule has 0 fully saturated rings. The van der Waals surface area contributed by atoms with Gasteiger partial charge in [-0.2, -0.15) is 0 Å². The van der Waals surface area contributed by atoms with E-state index >= 15 is 0 Å². The zero-order valence-electron chi connectivity index (χ0n) is 12.5. The van der Waals surface area contributed by atoms with Gasteiger partial charge in [-0.05, 0) is 30.0 Å². The lowest BCUT2D eigenvalue weighted by Gasteiger charge is -2.13. The standard InChI is InChI=1S/C19H20N2/c1-3-21-14(2)15-8-10-16(11-9-15)19-13-20-12-17-6-4-5-7-18(17)19/h4-14,21H,3H2,1-2H3. The van der Waals surface area contributed by atoms with E-state index in [2.05, 4.69) is 72.7 Å². The third-order valence-corrected chi connectivity index (χ3v) is 3.90. The van der Waals surface area contributed by atoms with Crippen molar-refractivity contribution in [1.29, 1.82) is 0 Å². The summed E-state index contributed by atoms with van der Waals surface area (Å²) in [7, 11) is 0. The molecule has 1 heterocycles. The molecule has 3 rings (SSSR count). The lowest BCUT2D eigenvalue weighted by atomic mass is 9.98. The minimum Gasteiger partial charge on any atom is -0.310 e. The Morgan fingerprint density at radius 3 is 2.52 bits per heavy atom. The van der Waals surface area contributed by atoms with E-state index in [0.29, 0.717) is 6.04 Å². The Labute approximate surface area is 125 Å². The number of benzene rings is 2. The molecule has 21 heavy (non-hydrogen) atoms. The summed E-state index contributed by atoms with van der Waals surface area (Å²) >= 11 is 0. The molecule has 0 spiro atoms. The van der Waals surface area contributed by atoms with Crippen molar-refractivity contribution in [2.45, 2.75) is 19.9 Å². The highest BCUT2D eigenvalue weighted by molar-refractivity contribution is 5.95. The molecule has 1 unspecified atom stereocenters. The molecule has 0 amide bonds. The highest BCUT2D eigenvalue weighted by Gasteiger charge is 2.06. The number of fused-ring (bicyclic) bond motifs is 1. The second-order valence-corrected chi connectivity index (χ2v) is 5.31. The third kappa shape index (κ3) is 2.81. The quantitative estimate of drug-likeness (QED) is 0.755. The first kappa shape index (κ1) is 13.8. The molecule has 0 radical (unpaired) electrons. The van der Waals surface area contributed by atoms with Crippen LogP contribution in [0.15, 0.2) is 60.9 Å². The first-order valence-corrected chi connectivity index (χ1v) is 7.46. The van der Waals surface area contributed by atoms with Gasteiger partial charge in [-0.1, -0.05) is 55.5 Å². The molecule has 3 aromatic rings. The molecular weight excluding hydrogens is 256 g/mol. The highest BCUT2D eigenvalue weighted by Crippen LogP contribution is 2.28. The fourth-order valence-corrected chi connectivity index (χ4v) is 2.72. The Morgan fingerprint density at radius 1 is 1.00 bits per heavy atom. The average molecular weight is 276 g/mol. The predicted molar refractivity (Wildman–Crippen MR) is 89.3 cm³/mol. The van der Waals surface area contributed by atoms with Crippen LogP contribution in [0.2, 0.25) is 0 Å². The van der Waals surface area contributed by atoms with Gasteiger partial charge >= 0.3 is 0 Å². The van der Waals surface area contributed by atoms with Crippen LogP contribution in [0.25, 0.3) is 21.9 Å². The Morgan fingerprint density at radius 2 is 1.76 bits per heavy atom. The molecule has 0 saturated carbocycles. The van der Waals surface area contributed by atoms with E-state index in [0.717, 1.165) is 6.54 Å². The summed E-state index contributed by atoms with van der Waals surface area (Å²) in [5.41, 5.74) is 3.72. The molecule has 0 aliphatic heterocycles. The zero-order chi connectivity index (χ0) is 14.7. The van der Waals surface area contributed by atoms with Crippen LogP contribution >= 0.6 is 0 Å². The summed E-state index contributed by atoms with van der Waals surface area (Å²) in [5, 5.41) is 5.87. The van der Waals surface area contributed by atoms with Crippen molar-refractivity contribution in [2.75, 3.05) is 6.54 Å². The van der Waals surface area contributed by atoms with Gasteiger partial charge in [0.1, 0.15) is 0 Å². The maximum Gasteiger partial charge on any atom is 0.0352 e. The van der Waals surface area contributed by atoms with Crippen molar-refractivity contribution in [3.8, 4) is 11.1 Å². The van der Waals surface area contributed by atoms with Crippen LogP contribution in [0.4, 0.5) is 0 Å². The summed E-state index contributed by atoms with van der Waals surface area (Å²) in [6, 6.07) is 17.5. The average Bonchev–Trinajstić information content (AvgIpc) is 2.55. The summed E-state index contributed by atoms with van der Waals surface area (Å²) in [5.74, 6) is 0. The molecule has 0 bridgehead atoms. The summed E-state index contributed by atoms with van der Waals surface area (Å²) in [6.07, 6.45) is 3.87. The van der Waals surface area contributed by atoms with Gasteiger partial charge in [-0.25, -0.2) is 0 Å². The van der Waals surface area contributed by atoms with Gasteiger partial charge in [0.15, 0.2) is 0 Å². The maximum absolute atomic E-state index is 4.36. The Balaban J connectivity index is 2.00. The Kier molecular flexibility index (Phi) is 3.98. The topological polar surface area (TPSA) is 24.9 Å². The fourth-order valence-electron chi connectivity index (χ4n) is 2.72. The largest absolute Gasteiger partial charge is 0.310 e. The molecule has 0 saturated heterocycles. The molecule has 2 aromatic carbocycles. The lowest BCUT2D eigenvalue weighted by molar-refractivity contribution is 0.598. The Bertz CT molecular complexity index is 727. The first-order valence-electron chi connectivity index (χ1n) is 7.46. The number of pyridine rings is 1. The summed E-state index contributed by atoms with van der Waals surface area (Å²) < 4.78 is 0. The van der Waals surface area contributed by atoms with E-state index in [-0.39, 0.29) is 0 Å². The van der Waals surface area contributed by atoms with Crippen LogP contribution in [0, 0.1) is 0 Å². The molecule has 106 valence electrons. The van der Waals surface area contributed by atoms with Crippen LogP contribution < -0.4 is 5.32 Å². The van der Waals surface area contributed by atoms with Gasteiger partial charge in [0.2, 0.25) is 0 Å². The first-order chi connectivity index (χ1) is 10.3. The molecule has 1 aromatic heterocycles. The van der Waals surface area contributed by atoms with Crippen molar-refractivity contribution >= 4 is 10.8 Å². The minimum atomic E-state index is 0.384. The summed E-state index contributed by atoms with van der Waals surface area (Å²) in [4.78, 5) is 4.36. The monoisotopic (exact) mass is 276 g/mol. The third-order valence-electron chi connectivity index (χ3n) is 3.90. The SMILES string of the molecule is CCNC(C)c1ccc(-c2cncc3ccccc23)cc1. The number of hydrogen-bond acceptors (Lipinski definition) is 2. The second-order valence-electron chi connectivity index (χ2n) is 5.31. The van der Waals surface area contributed by atoms with Crippen molar-refractivity contribution in [2.24, 2.45) is 0 Å². The van der Waals surface area contributed by atoms with E-state index in [1.807, 2.05) is 12.4 Å². The van der Waals surface area contributed by atoms with Crippen molar-refractivity contribution in [3.05, 3.63) is 66.5 Å². The van der Waals surface area contributed by atoms with E-state index in [1.54, 1.807) is 0 Å². The van der Waals surface area contributed by atoms with Crippen molar-refractivity contribution in [3.63, 3.8) is 0 Å². The van der Waals surface area contributed by atoms with Gasteiger partial charge in [-0.15, -0.1) is 0 Å².